The molecular weight excluding hydrogens is 154 g/mol. The van der Waals surface area contributed by atoms with Gasteiger partial charge in [0.15, 0.2) is 0 Å². The van der Waals surface area contributed by atoms with E-state index in [0.29, 0.717) is 0 Å². The molecule has 0 spiro atoms. The highest BCUT2D eigenvalue weighted by atomic mass is 16.4. The molecule has 0 heterocycles. The van der Waals surface area contributed by atoms with Crippen molar-refractivity contribution in [3.05, 3.63) is 0 Å². The van der Waals surface area contributed by atoms with Gasteiger partial charge in [0.1, 0.15) is 0 Å². The zero-order valence-electron chi connectivity index (χ0n) is 8.47. The van der Waals surface area contributed by atoms with E-state index in [4.69, 9.17) is 0 Å². The maximum atomic E-state index is 10.6. The zero-order valence-corrected chi connectivity index (χ0v) is 8.47. The first-order chi connectivity index (χ1) is 5.24. The van der Waals surface area contributed by atoms with E-state index < -0.39 is 12.0 Å². The van der Waals surface area contributed by atoms with Crippen molar-refractivity contribution in [2.75, 3.05) is 0 Å². The van der Waals surface area contributed by atoms with Crippen LogP contribution in [0.25, 0.3) is 0 Å². The SMILES string of the molecule is CC(C)C(NC(C)(C)C)C(=O)[O-]. The molecule has 0 aliphatic carbocycles. The molecule has 0 aliphatic rings. The second-order valence-electron chi connectivity index (χ2n) is 4.44. The Kier molecular flexibility index (Phi) is 3.71. The molecule has 0 aromatic heterocycles. The second-order valence-corrected chi connectivity index (χ2v) is 4.44. The smallest absolute Gasteiger partial charge is 0.0587 e. The lowest BCUT2D eigenvalue weighted by Gasteiger charge is -2.31. The predicted molar refractivity (Wildman–Crippen MR) is 46.5 cm³/mol. The first kappa shape index (κ1) is 11.4. The summed E-state index contributed by atoms with van der Waals surface area (Å²) in [4.78, 5) is 10.6. The van der Waals surface area contributed by atoms with Crippen molar-refractivity contribution < 1.29 is 9.90 Å². The lowest BCUT2D eigenvalue weighted by atomic mass is 10.00. The van der Waals surface area contributed by atoms with Crippen LogP contribution in [0, 0.1) is 5.92 Å². The van der Waals surface area contributed by atoms with E-state index in [2.05, 4.69) is 5.32 Å². The minimum atomic E-state index is -1.03. The maximum absolute atomic E-state index is 10.6. The van der Waals surface area contributed by atoms with Crippen molar-refractivity contribution in [3.63, 3.8) is 0 Å². The molecular formula is C9H18NO2-. The summed E-state index contributed by atoms with van der Waals surface area (Å²) in [5.74, 6) is -0.978. The highest BCUT2D eigenvalue weighted by Gasteiger charge is 2.20. The van der Waals surface area contributed by atoms with E-state index in [1.54, 1.807) is 0 Å². The van der Waals surface area contributed by atoms with E-state index in [1.165, 1.54) is 0 Å². The number of carboxylic acids is 1. The number of hydrogen-bond acceptors (Lipinski definition) is 3. The molecule has 0 rings (SSSR count). The number of carboxylic acid groups (broad SMARTS) is 1. The van der Waals surface area contributed by atoms with Gasteiger partial charge in [0.25, 0.3) is 0 Å². The van der Waals surface area contributed by atoms with Gasteiger partial charge in [-0.1, -0.05) is 13.8 Å². The summed E-state index contributed by atoms with van der Waals surface area (Å²) in [5.41, 5.74) is -0.186. The van der Waals surface area contributed by atoms with Crippen molar-refractivity contribution in [2.24, 2.45) is 5.92 Å². The maximum Gasteiger partial charge on any atom is 0.0587 e. The summed E-state index contributed by atoms with van der Waals surface area (Å²) in [6.07, 6.45) is 0. The van der Waals surface area contributed by atoms with Crippen LogP contribution in [0.2, 0.25) is 0 Å². The van der Waals surface area contributed by atoms with Gasteiger partial charge in [-0.3, -0.25) is 0 Å². The van der Waals surface area contributed by atoms with E-state index in [9.17, 15) is 9.90 Å². The van der Waals surface area contributed by atoms with Crippen LogP contribution in [-0.2, 0) is 4.79 Å². The van der Waals surface area contributed by atoms with Crippen LogP contribution in [0.3, 0.4) is 0 Å². The van der Waals surface area contributed by atoms with E-state index in [1.807, 2.05) is 34.6 Å². The van der Waals surface area contributed by atoms with Gasteiger partial charge in [-0.25, -0.2) is 0 Å². The van der Waals surface area contributed by atoms with E-state index in [0.717, 1.165) is 0 Å². The number of carbonyl (C=O) groups is 1. The molecule has 1 unspecified atom stereocenters. The second kappa shape index (κ2) is 3.90. The molecule has 0 fully saturated rings. The molecule has 3 heteroatoms. The largest absolute Gasteiger partial charge is 0.548 e. The predicted octanol–water partition coefficient (Wildman–Crippen LogP) is 0.149. The average molecular weight is 172 g/mol. The first-order valence-corrected chi connectivity index (χ1v) is 4.22. The minimum absolute atomic E-state index is 0.0502. The molecule has 0 saturated carbocycles. The van der Waals surface area contributed by atoms with Crippen molar-refractivity contribution in [1.82, 2.24) is 5.32 Å². The highest BCUT2D eigenvalue weighted by Crippen LogP contribution is 2.07. The Labute approximate surface area is 74.2 Å². The number of aliphatic carboxylic acids is 1. The number of carbonyl (C=O) groups excluding carboxylic acids is 1. The van der Waals surface area contributed by atoms with Crippen LogP contribution >= 0.6 is 0 Å². The van der Waals surface area contributed by atoms with Crippen LogP contribution < -0.4 is 10.4 Å². The molecule has 12 heavy (non-hydrogen) atoms. The third-order valence-corrected chi connectivity index (χ3v) is 1.51. The number of rotatable bonds is 3. The fourth-order valence-corrected chi connectivity index (χ4v) is 0.964. The lowest BCUT2D eigenvalue weighted by molar-refractivity contribution is -0.310. The summed E-state index contributed by atoms with van der Waals surface area (Å²) >= 11 is 0. The standard InChI is InChI=1S/C9H19NO2/c1-6(2)7(8(11)12)10-9(3,4)5/h6-7,10H,1-5H3,(H,11,12)/p-1. The molecule has 0 amide bonds. The highest BCUT2D eigenvalue weighted by molar-refractivity contribution is 5.71. The average Bonchev–Trinajstić information content (AvgIpc) is 1.79. The monoisotopic (exact) mass is 172 g/mol. The third-order valence-electron chi connectivity index (χ3n) is 1.51. The molecule has 72 valence electrons. The summed E-state index contributed by atoms with van der Waals surface area (Å²) in [6.45, 7) is 9.53. The van der Waals surface area contributed by atoms with Gasteiger partial charge in [-0.15, -0.1) is 0 Å². The van der Waals surface area contributed by atoms with E-state index >= 15 is 0 Å². The van der Waals surface area contributed by atoms with Crippen molar-refractivity contribution in [1.29, 1.82) is 0 Å². The zero-order chi connectivity index (χ0) is 9.94. The topological polar surface area (TPSA) is 52.2 Å². The quantitative estimate of drug-likeness (QED) is 0.659. The summed E-state index contributed by atoms with van der Waals surface area (Å²) < 4.78 is 0. The Hall–Kier alpha value is -0.570. The van der Waals surface area contributed by atoms with Gasteiger partial charge in [-0.2, -0.15) is 0 Å². The van der Waals surface area contributed by atoms with E-state index in [-0.39, 0.29) is 11.5 Å². The van der Waals surface area contributed by atoms with Gasteiger partial charge < -0.3 is 15.2 Å². The molecule has 0 radical (unpaired) electrons. The van der Waals surface area contributed by atoms with Crippen LogP contribution in [0.5, 0.6) is 0 Å². The molecule has 0 aromatic rings. The van der Waals surface area contributed by atoms with Crippen molar-refractivity contribution in [2.45, 2.75) is 46.2 Å². The van der Waals surface area contributed by atoms with Gasteiger partial charge in [-0.05, 0) is 26.7 Å². The first-order valence-electron chi connectivity index (χ1n) is 4.22. The van der Waals surface area contributed by atoms with Gasteiger partial charge in [0, 0.05) is 11.6 Å². The van der Waals surface area contributed by atoms with Crippen LogP contribution in [0.15, 0.2) is 0 Å². The Morgan fingerprint density at radius 3 is 1.83 bits per heavy atom. The molecule has 0 bridgehead atoms. The molecule has 3 nitrogen and oxygen atoms in total. The van der Waals surface area contributed by atoms with Gasteiger partial charge in [0.2, 0.25) is 0 Å². The Bertz CT molecular complexity index is 158. The fourth-order valence-electron chi connectivity index (χ4n) is 0.964. The molecule has 1 N–H and O–H groups in total. The molecule has 1 atom stereocenters. The number of hydrogen-bond donors (Lipinski definition) is 1. The van der Waals surface area contributed by atoms with Crippen molar-refractivity contribution >= 4 is 5.97 Å². The summed E-state index contributed by atoms with van der Waals surface area (Å²) in [7, 11) is 0. The fraction of sp³-hybridized carbons (Fsp3) is 0.889. The normalized spacial score (nSPS) is 14.8. The molecule has 0 aliphatic heterocycles. The summed E-state index contributed by atoms with van der Waals surface area (Å²) in [6, 6.07) is -0.565. The summed E-state index contributed by atoms with van der Waals surface area (Å²) in [5, 5.41) is 13.6. The number of nitrogens with one attached hydrogen (secondary N) is 1. The van der Waals surface area contributed by atoms with Crippen molar-refractivity contribution in [3.8, 4) is 0 Å². The molecule has 0 saturated heterocycles. The Balaban J connectivity index is 4.25. The van der Waals surface area contributed by atoms with Crippen LogP contribution in [0.4, 0.5) is 0 Å². The Morgan fingerprint density at radius 2 is 1.75 bits per heavy atom. The van der Waals surface area contributed by atoms with Gasteiger partial charge >= 0.3 is 0 Å². The van der Waals surface area contributed by atoms with Gasteiger partial charge in [0.05, 0.1) is 5.97 Å². The lowest BCUT2D eigenvalue weighted by Crippen LogP contribution is -2.54. The molecule has 0 aromatic carbocycles. The van der Waals surface area contributed by atoms with Crippen LogP contribution in [-0.4, -0.2) is 17.6 Å². The minimum Gasteiger partial charge on any atom is -0.548 e. The Morgan fingerprint density at radius 1 is 1.33 bits per heavy atom. The van der Waals surface area contributed by atoms with Crippen LogP contribution in [0.1, 0.15) is 34.6 Å². The third kappa shape index (κ3) is 4.34.